The second-order valence-electron chi connectivity index (χ2n) is 4.75. The van der Waals surface area contributed by atoms with Crippen LogP contribution in [-0.2, 0) is 0 Å². The average molecular weight is 281 g/mol. The number of aromatic carboxylic acids is 1. The van der Waals surface area contributed by atoms with Crippen LogP contribution in [0.15, 0.2) is 12.1 Å². The molecule has 0 amide bonds. The molecule has 8 nitrogen and oxygen atoms in total. The zero-order valence-corrected chi connectivity index (χ0v) is 10.7. The lowest BCUT2D eigenvalue weighted by Crippen LogP contribution is -2.27. The number of aromatic nitrogens is 1. The molecule has 1 aliphatic rings. The third-order valence-corrected chi connectivity index (χ3v) is 3.51. The molecule has 8 heteroatoms. The number of nitrogens with one attached hydrogen (secondary N) is 1. The van der Waals surface area contributed by atoms with Crippen LogP contribution in [0.1, 0.15) is 29.8 Å². The Morgan fingerprint density at radius 2 is 2.25 bits per heavy atom. The van der Waals surface area contributed by atoms with Gasteiger partial charge in [0.15, 0.2) is 5.69 Å². The number of nitro groups is 1. The maximum absolute atomic E-state index is 11.0. The van der Waals surface area contributed by atoms with E-state index in [0.29, 0.717) is 0 Å². The van der Waals surface area contributed by atoms with Crippen LogP contribution >= 0.6 is 0 Å². The molecule has 1 aromatic heterocycles. The summed E-state index contributed by atoms with van der Waals surface area (Å²) in [6.07, 6.45) is 2.51. The molecule has 3 N–H and O–H groups in total. The SMILES string of the molecule is O=C(O)c1ccc([N+](=O)[O-])c(NC2CCCC2CO)n1. The second-order valence-corrected chi connectivity index (χ2v) is 4.75. The summed E-state index contributed by atoms with van der Waals surface area (Å²) in [4.78, 5) is 25.0. The highest BCUT2D eigenvalue weighted by atomic mass is 16.6. The van der Waals surface area contributed by atoms with Gasteiger partial charge in [0.25, 0.3) is 0 Å². The summed E-state index contributed by atoms with van der Waals surface area (Å²) < 4.78 is 0. The van der Waals surface area contributed by atoms with Crippen molar-refractivity contribution >= 4 is 17.5 Å². The maximum Gasteiger partial charge on any atom is 0.354 e. The van der Waals surface area contributed by atoms with E-state index in [4.69, 9.17) is 5.11 Å². The van der Waals surface area contributed by atoms with Crippen LogP contribution in [0.3, 0.4) is 0 Å². The number of rotatable bonds is 5. The molecule has 1 heterocycles. The van der Waals surface area contributed by atoms with Crippen LogP contribution < -0.4 is 5.32 Å². The molecule has 1 saturated carbocycles. The van der Waals surface area contributed by atoms with E-state index in [9.17, 15) is 20.0 Å². The highest BCUT2D eigenvalue weighted by molar-refractivity contribution is 5.86. The molecule has 2 atom stereocenters. The molecule has 2 rings (SSSR count). The van der Waals surface area contributed by atoms with Crippen molar-refractivity contribution in [2.45, 2.75) is 25.3 Å². The van der Waals surface area contributed by atoms with Gasteiger partial charge in [-0.15, -0.1) is 0 Å². The maximum atomic E-state index is 11.0. The van der Waals surface area contributed by atoms with Crippen LogP contribution in [0.2, 0.25) is 0 Å². The molecule has 20 heavy (non-hydrogen) atoms. The van der Waals surface area contributed by atoms with E-state index >= 15 is 0 Å². The Hall–Kier alpha value is -2.22. The van der Waals surface area contributed by atoms with Crippen LogP contribution in [0, 0.1) is 16.0 Å². The third-order valence-electron chi connectivity index (χ3n) is 3.51. The minimum atomic E-state index is -1.24. The van der Waals surface area contributed by atoms with E-state index in [-0.39, 0.29) is 35.8 Å². The lowest BCUT2D eigenvalue weighted by molar-refractivity contribution is -0.384. The quantitative estimate of drug-likeness (QED) is 0.547. The average Bonchev–Trinajstić information content (AvgIpc) is 2.85. The number of carbonyl (C=O) groups is 1. The number of hydrogen-bond donors (Lipinski definition) is 3. The van der Waals surface area contributed by atoms with Gasteiger partial charge in [-0.1, -0.05) is 6.42 Å². The van der Waals surface area contributed by atoms with Crippen molar-refractivity contribution in [3.8, 4) is 0 Å². The molecular weight excluding hydrogens is 266 g/mol. The van der Waals surface area contributed by atoms with Crippen molar-refractivity contribution in [3.63, 3.8) is 0 Å². The molecule has 1 fully saturated rings. The van der Waals surface area contributed by atoms with Gasteiger partial charge in [-0.25, -0.2) is 9.78 Å². The lowest BCUT2D eigenvalue weighted by Gasteiger charge is -2.19. The molecule has 0 radical (unpaired) electrons. The molecule has 0 saturated heterocycles. The Morgan fingerprint density at radius 1 is 1.50 bits per heavy atom. The number of aliphatic hydroxyl groups excluding tert-OH is 1. The van der Waals surface area contributed by atoms with E-state index in [1.165, 1.54) is 0 Å². The first kappa shape index (κ1) is 14.2. The van der Waals surface area contributed by atoms with Gasteiger partial charge in [0, 0.05) is 24.6 Å². The Morgan fingerprint density at radius 3 is 2.85 bits per heavy atom. The first-order valence-corrected chi connectivity index (χ1v) is 6.29. The topological polar surface area (TPSA) is 126 Å². The highest BCUT2D eigenvalue weighted by Gasteiger charge is 2.29. The largest absolute Gasteiger partial charge is 0.477 e. The number of anilines is 1. The van der Waals surface area contributed by atoms with Crippen molar-refractivity contribution in [1.82, 2.24) is 4.98 Å². The smallest absolute Gasteiger partial charge is 0.354 e. The van der Waals surface area contributed by atoms with Gasteiger partial charge in [0.05, 0.1) is 4.92 Å². The Kier molecular flexibility index (Phi) is 4.14. The highest BCUT2D eigenvalue weighted by Crippen LogP contribution is 2.31. The van der Waals surface area contributed by atoms with Crippen molar-refractivity contribution in [1.29, 1.82) is 0 Å². The van der Waals surface area contributed by atoms with Crippen LogP contribution in [0.25, 0.3) is 0 Å². The van der Waals surface area contributed by atoms with Gasteiger partial charge >= 0.3 is 11.7 Å². The number of carboxylic acids is 1. The minimum absolute atomic E-state index is 0.00453. The standard InChI is InChI=1S/C12H15N3O5/c16-6-7-2-1-3-8(7)13-11-10(15(19)20)5-4-9(14-11)12(17)18/h4-5,7-8,16H,1-3,6H2,(H,13,14)(H,17,18). The Bertz CT molecular complexity index is 534. The van der Waals surface area contributed by atoms with E-state index in [0.717, 1.165) is 31.4 Å². The van der Waals surface area contributed by atoms with Crippen LogP contribution in [-0.4, -0.2) is 38.7 Å². The molecule has 0 aliphatic heterocycles. The molecule has 1 aromatic rings. The number of carboxylic acid groups (broad SMARTS) is 1. The fraction of sp³-hybridized carbons (Fsp3) is 0.500. The Labute approximate surface area is 114 Å². The summed E-state index contributed by atoms with van der Waals surface area (Å²) in [6.45, 7) is -0.00984. The first-order valence-electron chi connectivity index (χ1n) is 6.29. The Balaban J connectivity index is 2.30. The van der Waals surface area contributed by atoms with E-state index in [1.54, 1.807) is 0 Å². The summed E-state index contributed by atoms with van der Waals surface area (Å²) in [7, 11) is 0. The van der Waals surface area contributed by atoms with Gasteiger partial charge in [-0.2, -0.15) is 0 Å². The normalized spacial score (nSPS) is 21.6. The van der Waals surface area contributed by atoms with Gasteiger partial charge in [0.1, 0.15) is 0 Å². The van der Waals surface area contributed by atoms with Crippen molar-refractivity contribution < 1.29 is 19.9 Å². The summed E-state index contributed by atoms with van der Waals surface area (Å²) in [6, 6.07) is 2.10. The van der Waals surface area contributed by atoms with Crippen molar-refractivity contribution in [2.75, 3.05) is 11.9 Å². The summed E-state index contributed by atoms with van der Waals surface area (Å²) >= 11 is 0. The monoisotopic (exact) mass is 281 g/mol. The van der Waals surface area contributed by atoms with Gasteiger partial charge in [-0.3, -0.25) is 10.1 Å². The van der Waals surface area contributed by atoms with E-state index < -0.39 is 10.9 Å². The predicted octanol–water partition coefficient (Wildman–Crippen LogP) is 1.26. The molecule has 1 aliphatic carbocycles. The van der Waals surface area contributed by atoms with Crippen molar-refractivity contribution in [3.05, 3.63) is 27.9 Å². The van der Waals surface area contributed by atoms with Gasteiger partial charge in [-0.05, 0) is 18.9 Å². The first-order chi connectivity index (χ1) is 9.52. The zero-order chi connectivity index (χ0) is 14.7. The van der Waals surface area contributed by atoms with E-state index in [1.807, 2.05) is 0 Å². The van der Waals surface area contributed by atoms with Crippen LogP contribution in [0.5, 0.6) is 0 Å². The number of pyridine rings is 1. The molecule has 0 spiro atoms. The van der Waals surface area contributed by atoms with Crippen molar-refractivity contribution in [2.24, 2.45) is 5.92 Å². The summed E-state index contributed by atoms with van der Waals surface area (Å²) in [5.41, 5.74) is -0.518. The van der Waals surface area contributed by atoms with Gasteiger partial charge < -0.3 is 15.5 Å². The molecule has 0 aromatic carbocycles. The fourth-order valence-corrected chi connectivity index (χ4v) is 2.45. The predicted molar refractivity (Wildman–Crippen MR) is 69.7 cm³/mol. The summed E-state index contributed by atoms with van der Waals surface area (Å²) in [5.74, 6) is -1.29. The number of hydrogen-bond acceptors (Lipinski definition) is 6. The zero-order valence-electron chi connectivity index (χ0n) is 10.7. The minimum Gasteiger partial charge on any atom is -0.477 e. The second kappa shape index (κ2) is 5.83. The molecule has 2 unspecified atom stereocenters. The van der Waals surface area contributed by atoms with Gasteiger partial charge in [0.2, 0.25) is 5.82 Å². The molecule has 0 bridgehead atoms. The summed E-state index contributed by atoms with van der Waals surface area (Å²) in [5, 5.41) is 32.0. The van der Waals surface area contributed by atoms with E-state index in [2.05, 4.69) is 10.3 Å². The number of aliphatic hydroxyl groups is 1. The molecule has 108 valence electrons. The van der Waals surface area contributed by atoms with Crippen LogP contribution in [0.4, 0.5) is 11.5 Å². The fourth-order valence-electron chi connectivity index (χ4n) is 2.45. The molecular formula is C12H15N3O5. The number of nitrogens with zero attached hydrogens (tertiary/aromatic N) is 2. The third kappa shape index (κ3) is 2.85. The lowest BCUT2D eigenvalue weighted by atomic mass is 10.1.